The predicted molar refractivity (Wildman–Crippen MR) is 127 cm³/mol. The second kappa shape index (κ2) is 10.4. The Kier molecular flexibility index (Phi) is 7.86. The van der Waals surface area contributed by atoms with Crippen LogP contribution in [0.15, 0.2) is 59.1 Å². The lowest BCUT2D eigenvalue weighted by molar-refractivity contribution is 0.0527. The average molecular weight is 476 g/mol. The van der Waals surface area contributed by atoms with Crippen LogP contribution < -0.4 is 5.32 Å². The van der Waals surface area contributed by atoms with Crippen molar-refractivity contribution in [3.05, 3.63) is 59.0 Å². The molecule has 0 radical (unpaired) electrons. The Hall–Kier alpha value is -2.49. The van der Waals surface area contributed by atoms with Crippen molar-refractivity contribution in [1.29, 1.82) is 0 Å². The van der Waals surface area contributed by atoms with E-state index < -0.39 is 21.7 Å². The highest BCUT2D eigenvalue weighted by Crippen LogP contribution is 2.26. The molecule has 1 N–H and O–H groups in total. The molecular weight excluding hydrogens is 446 g/mol. The van der Waals surface area contributed by atoms with Crippen LogP contribution in [0.1, 0.15) is 32.1 Å². The van der Waals surface area contributed by atoms with Crippen LogP contribution in [0.25, 0.3) is 10.8 Å². The summed E-state index contributed by atoms with van der Waals surface area (Å²) in [7, 11) is -3.74. The summed E-state index contributed by atoms with van der Waals surface area (Å²) in [6.45, 7) is 6.35. The van der Waals surface area contributed by atoms with Gasteiger partial charge in [0.25, 0.3) is 0 Å². The first-order valence-corrected chi connectivity index (χ1v) is 12.8. The Balaban J connectivity index is 1.75. The van der Waals surface area contributed by atoms with E-state index in [0.717, 1.165) is 10.3 Å². The Morgan fingerprint density at radius 1 is 1.16 bits per heavy atom. The number of ether oxygens (including phenoxy) is 1. The van der Waals surface area contributed by atoms with Gasteiger partial charge < -0.3 is 10.1 Å². The number of carbonyl (C=O) groups is 1. The van der Waals surface area contributed by atoms with E-state index in [0.29, 0.717) is 31.3 Å². The standard InChI is InChI=1S/C23H29N3O4S2/c1-23(2,3)30-22(27)25-12-6-14-26(15-11-19-8-5-16-31-19)32(28,29)21-9-4-7-18-17-24-13-10-20(18)21/h4-5,7-10,13,16-17H,6,11-12,14-15H2,1-3H3,(H,25,27). The van der Waals surface area contributed by atoms with Gasteiger partial charge in [-0.25, -0.2) is 13.2 Å². The molecule has 2 aromatic heterocycles. The first-order valence-electron chi connectivity index (χ1n) is 10.5. The van der Waals surface area contributed by atoms with Crippen molar-refractivity contribution >= 4 is 38.2 Å². The fraction of sp³-hybridized carbons (Fsp3) is 0.391. The van der Waals surface area contributed by atoms with Gasteiger partial charge in [-0.2, -0.15) is 4.31 Å². The van der Waals surface area contributed by atoms with Gasteiger partial charge in [-0.05, 0) is 57.2 Å². The third kappa shape index (κ3) is 6.51. The molecule has 1 amide bonds. The van der Waals surface area contributed by atoms with Crippen LogP contribution in [0.2, 0.25) is 0 Å². The number of amides is 1. The quantitative estimate of drug-likeness (QED) is 0.462. The molecule has 0 fully saturated rings. The molecule has 0 unspecified atom stereocenters. The van der Waals surface area contributed by atoms with Gasteiger partial charge in [0.15, 0.2) is 0 Å². The number of aromatic nitrogens is 1. The van der Waals surface area contributed by atoms with Crippen molar-refractivity contribution < 1.29 is 17.9 Å². The van der Waals surface area contributed by atoms with Crippen molar-refractivity contribution in [3.63, 3.8) is 0 Å². The zero-order valence-electron chi connectivity index (χ0n) is 18.6. The molecule has 0 saturated carbocycles. The summed E-state index contributed by atoms with van der Waals surface area (Å²) in [4.78, 5) is 17.4. The van der Waals surface area contributed by atoms with Crippen molar-refractivity contribution in [3.8, 4) is 0 Å². The van der Waals surface area contributed by atoms with Crippen molar-refractivity contribution in [2.24, 2.45) is 0 Å². The van der Waals surface area contributed by atoms with Gasteiger partial charge in [0, 0.05) is 47.7 Å². The smallest absolute Gasteiger partial charge is 0.407 e. The van der Waals surface area contributed by atoms with Crippen molar-refractivity contribution in [2.45, 2.75) is 44.1 Å². The van der Waals surface area contributed by atoms with Crippen LogP contribution in [0.3, 0.4) is 0 Å². The molecule has 7 nitrogen and oxygen atoms in total. The SMILES string of the molecule is CC(C)(C)OC(=O)NCCCN(CCc1cccs1)S(=O)(=O)c1cccc2cnccc12. The van der Waals surface area contributed by atoms with E-state index in [-0.39, 0.29) is 11.4 Å². The van der Waals surface area contributed by atoms with Crippen LogP contribution in [0.4, 0.5) is 4.79 Å². The van der Waals surface area contributed by atoms with E-state index in [1.54, 1.807) is 62.7 Å². The highest BCUT2D eigenvalue weighted by Gasteiger charge is 2.26. The van der Waals surface area contributed by atoms with Gasteiger partial charge in [0.2, 0.25) is 10.0 Å². The summed E-state index contributed by atoms with van der Waals surface area (Å²) in [5, 5.41) is 6.10. The number of nitrogens with one attached hydrogen (secondary N) is 1. The van der Waals surface area contributed by atoms with Crippen LogP contribution in [0, 0.1) is 0 Å². The van der Waals surface area contributed by atoms with Crippen molar-refractivity contribution in [2.75, 3.05) is 19.6 Å². The van der Waals surface area contributed by atoms with Gasteiger partial charge in [-0.15, -0.1) is 11.3 Å². The minimum atomic E-state index is -3.74. The molecule has 0 aliphatic carbocycles. The number of benzene rings is 1. The first-order chi connectivity index (χ1) is 15.2. The Bertz CT molecular complexity index is 1130. The number of alkyl carbamates (subject to hydrolysis) is 1. The van der Waals surface area contributed by atoms with E-state index in [2.05, 4.69) is 10.3 Å². The highest BCUT2D eigenvalue weighted by atomic mass is 32.2. The molecule has 0 bridgehead atoms. The molecule has 0 atom stereocenters. The third-order valence-electron chi connectivity index (χ3n) is 4.70. The lowest BCUT2D eigenvalue weighted by Gasteiger charge is -2.23. The summed E-state index contributed by atoms with van der Waals surface area (Å²) in [6, 6.07) is 10.9. The highest BCUT2D eigenvalue weighted by molar-refractivity contribution is 7.89. The van der Waals surface area contributed by atoms with E-state index in [9.17, 15) is 13.2 Å². The Morgan fingerprint density at radius 3 is 2.69 bits per heavy atom. The number of fused-ring (bicyclic) bond motifs is 1. The molecule has 2 heterocycles. The van der Waals surface area contributed by atoms with Crippen LogP contribution >= 0.6 is 11.3 Å². The van der Waals surface area contributed by atoms with Gasteiger partial charge in [0.1, 0.15) is 5.60 Å². The molecule has 172 valence electrons. The lowest BCUT2D eigenvalue weighted by atomic mass is 10.2. The number of sulfonamides is 1. The van der Waals surface area contributed by atoms with Crippen LogP contribution in [-0.2, 0) is 21.2 Å². The fourth-order valence-electron chi connectivity index (χ4n) is 3.26. The van der Waals surface area contributed by atoms with Gasteiger partial charge in [0.05, 0.1) is 4.90 Å². The van der Waals surface area contributed by atoms with E-state index in [1.807, 2.05) is 23.6 Å². The molecular formula is C23H29N3O4S2. The predicted octanol–water partition coefficient (Wildman–Crippen LogP) is 4.44. The number of thiophene rings is 1. The summed E-state index contributed by atoms with van der Waals surface area (Å²) < 4.78 is 34.0. The maximum Gasteiger partial charge on any atom is 0.407 e. The molecule has 32 heavy (non-hydrogen) atoms. The largest absolute Gasteiger partial charge is 0.444 e. The molecule has 0 saturated heterocycles. The summed E-state index contributed by atoms with van der Waals surface area (Å²) in [5.41, 5.74) is -0.580. The fourth-order valence-corrected chi connectivity index (χ4v) is 5.65. The summed E-state index contributed by atoms with van der Waals surface area (Å²) >= 11 is 1.61. The number of rotatable bonds is 9. The Labute approximate surface area is 193 Å². The zero-order valence-corrected chi connectivity index (χ0v) is 20.2. The third-order valence-corrected chi connectivity index (χ3v) is 7.59. The van der Waals surface area contributed by atoms with Gasteiger partial charge in [-0.3, -0.25) is 4.98 Å². The number of carbonyl (C=O) groups excluding carboxylic acids is 1. The molecule has 3 aromatic rings. The number of hydrogen-bond acceptors (Lipinski definition) is 6. The van der Waals surface area contributed by atoms with E-state index in [1.165, 1.54) is 4.31 Å². The van der Waals surface area contributed by atoms with E-state index in [4.69, 9.17) is 4.74 Å². The molecule has 0 aliphatic heterocycles. The molecule has 0 aliphatic rings. The Morgan fingerprint density at radius 2 is 1.97 bits per heavy atom. The van der Waals surface area contributed by atoms with E-state index >= 15 is 0 Å². The second-order valence-electron chi connectivity index (χ2n) is 8.37. The maximum atomic E-state index is 13.6. The van der Waals surface area contributed by atoms with Crippen LogP contribution in [-0.4, -0.2) is 49.0 Å². The lowest BCUT2D eigenvalue weighted by Crippen LogP contribution is -2.37. The normalized spacial score (nSPS) is 12.2. The molecule has 9 heteroatoms. The number of nitrogens with zero attached hydrogens (tertiary/aromatic N) is 2. The summed E-state index contributed by atoms with van der Waals surface area (Å²) in [5.74, 6) is 0. The number of pyridine rings is 1. The molecule has 3 rings (SSSR count). The zero-order chi connectivity index (χ0) is 23.2. The minimum absolute atomic E-state index is 0.267. The monoisotopic (exact) mass is 475 g/mol. The summed E-state index contributed by atoms with van der Waals surface area (Å²) in [6.07, 6.45) is 3.85. The molecule has 1 aromatic carbocycles. The van der Waals surface area contributed by atoms with Gasteiger partial charge in [-0.1, -0.05) is 18.2 Å². The average Bonchev–Trinajstić information content (AvgIpc) is 3.25. The minimum Gasteiger partial charge on any atom is -0.444 e. The molecule has 0 spiro atoms. The number of hydrogen-bond donors (Lipinski definition) is 1. The maximum absolute atomic E-state index is 13.6. The first kappa shape index (κ1) is 24.2. The second-order valence-corrected chi connectivity index (χ2v) is 11.3. The van der Waals surface area contributed by atoms with Gasteiger partial charge >= 0.3 is 6.09 Å². The van der Waals surface area contributed by atoms with Crippen LogP contribution in [0.5, 0.6) is 0 Å². The topological polar surface area (TPSA) is 88.6 Å². The van der Waals surface area contributed by atoms with Crippen molar-refractivity contribution in [1.82, 2.24) is 14.6 Å².